The minimum atomic E-state index is -0.651. The highest BCUT2D eigenvalue weighted by molar-refractivity contribution is 9.10. The molecule has 1 aromatic rings. The molecule has 2 rings (SSSR count). The highest BCUT2D eigenvalue weighted by Crippen LogP contribution is 2.32. The molecule has 1 aliphatic rings. The summed E-state index contributed by atoms with van der Waals surface area (Å²) in [6.45, 7) is 5.47. The molecule has 1 aromatic carbocycles. The first-order valence-corrected chi connectivity index (χ1v) is 8.10. The first-order valence-electron chi connectivity index (χ1n) is 7.31. The summed E-state index contributed by atoms with van der Waals surface area (Å²) in [4.78, 5) is 37.7. The summed E-state index contributed by atoms with van der Waals surface area (Å²) in [5, 5.41) is 11.2. The second kappa shape index (κ2) is 6.76. The van der Waals surface area contributed by atoms with E-state index in [2.05, 4.69) is 15.9 Å². The smallest absolute Gasteiger partial charge is 0.410 e. The number of ether oxygens (including phenoxy) is 1. The van der Waals surface area contributed by atoms with Crippen molar-refractivity contribution >= 4 is 39.3 Å². The quantitative estimate of drug-likeness (QED) is 0.562. The van der Waals surface area contributed by atoms with Crippen molar-refractivity contribution in [2.24, 2.45) is 0 Å². The molecule has 8 nitrogen and oxygen atoms in total. The standard InChI is InChI=1S/C15H18BrN3O5/c1-15(2,3)24-14(21)17-6-7-18(13(20)9-17)11-5-4-10(16)8-12(11)19(22)23/h4-5,8H,6-7,9H2,1-3H3. The summed E-state index contributed by atoms with van der Waals surface area (Å²) in [7, 11) is 0. The van der Waals surface area contributed by atoms with Gasteiger partial charge in [0.25, 0.3) is 5.69 Å². The van der Waals surface area contributed by atoms with Gasteiger partial charge in [0.1, 0.15) is 17.8 Å². The predicted molar refractivity (Wildman–Crippen MR) is 91.0 cm³/mol. The number of rotatable bonds is 2. The van der Waals surface area contributed by atoms with Crippen LogP contribution >= 0.6 is 15.9 Å². The maximum Gasteiger partial charge on any atom is 0.410 e. The van der Waals surface area contributed by atoms with E-state index in [1.165, 1.54) is 21.9 Å². The van der Waals surface area contributed by atoms with Gasteiger partial charge in [0.05, 0.1) is 4.92 Å². The van der Waals surface area contributed by atoms with E-state index in [9.17, 15) is 19.7 Å². The van der Waals surface area contributed by atoms with Gasteiger partial charge in [-0.3, -0.25) is 19.8 Å². The number of nitro benzene ring substituents is 1. The first kappa shape index (κ1) is 18.2. The summed E-state index contributed by atoms with van der Waals surface area (Å²) in [6, 6.07) is 4.50. The van der Waals surface area contributed by atoms with Crippen molar-refractivity contribution in [2.45, 2.75) is 26.4 Å². The van der Waals surface area contributed by atoms with E-state index in [0.29, 0.717) is 4.47 Å². The summed E-state index contributed by atoms with van der Waals surface area (Å²) in [5.41, 5.74) is -0.595. The van der Waals surface area contributed by atoms with Crippen LogP contribution < -0.4 is 4.90 Å². The maximum atomic E-state index is 12.4. The number of halogens is 1. The molecule has 0 N–H and O–H groups in total. The van der Waals surface area contributed by atoms with Gasteiger partial charge in [-0.05, 0) is 32.9 Å². The van der Waals surface area contributed by atoms with Crippen molar-refractivity contribution < 1.29 is 19.2 Å². The molecule has 1 fully saturated rings. The van der Waals surface area contributed by atoms with Crippen LogP contribution in [0.3, 0.4) is 0 Å². The molecule has 1 saturated heterocycles. The highest BCUT2D eigenvalue weighted by Gasteiger charge is 2.33. The van der Waals surface area contributed by atoms with E-state index >= 15 is 0 Å². The number of hydrogen-bond donors (Lipinski definition) is 0. The molecule has 0 aromatic heterocycles. The molecular weight excluding hydrogens is 382 g/mol. The lowest BCUT2D eigenvalue weighted by molar-refractivity contribution is -0.384. The van der Waals surface area contributed by atoms with Crippen LogP contribution in [0, 0.1) is 10.1 Å². The van der Waals surface area contributed by atoms with Crippen LogP contribution in [-0.2, 0) is 9.53 Å². The van der Waals surface area contributed by atoms with Crippen molar-refractivity contribution in [3.63, 3.8) is 0 Å². The molecule has 0 atom stereocenters. The van der Waals surface area contributed by atoms with E-state index in [0.717, 1.165) is 0 Å². The predicted octanol–water partition coefficient (Wildman–Crippen LogP) is 2.94. The van der Waals surface area contributed by atoms with Crippen LogP contribution in [0.25, 0.3) is 0 Å². The number of amides is 2. The third kappa shape index (κ3) is 4.22. The van der Waals surface area contributed by atoms with Gasteiger partial charge in [0, 0.05) is 23.6 Å². The zero-order chi connectivity index (χ0) is 18.1. The Balaban J connectivity index is 2.16. The molecule has 0 saturated carbocycles. The van der Waals surface area contributed by atoms with E-state index < -0.39 is 22.5 Å². The molecule has 0 spiro atoms. The molecule has 0 radical (unpaired) electrons. The number of hydrogen-bond acceptors (Lipinski definition) is 5. The minimum absolute atomic E-state index is 0.163. The fourth-order valence-electron chi connectivity index (χ4n) is 2.28. The first-order chi connectivity index (χ1) is 11.1. The van der Waals surface area contributed by atoms with Crippen molar-refractivity contribution in [3.8, 4) is 0 Å². The number of benzene rings is 1. The maximum absolute atomic E-state index is 12.4. The van der Waals surface area contributed by atoms with Crippen LogP contribution in [-0.4, -0.2) is 47.1 Å². The number of piperazine rings is 1. The molecule has 9 heteroatoms. The SMILES string of the molecule is CC(C)(C)OC(=O)N1CCN(c2ccc(Br)cc2[N+](=O)[O-])C(=O)C1. The van der Waals surface area contributed by atoms with E-state index in [4.69, 9.17) is 4.74 Å². The number of anilines is 1. The highest BCUT2D eigenvalue weighted by atomic mass is 79.9. The Morgan fingerprint density at radius 2 is 2.00 bits per heavy atom. The van der Waals surface area contributed by atoms with Gasteiger partial charge in [-0.15, -0.1) is 0 Å². The summed E-state index contributed by atoms with van der Waals surface area (Å²) in [5.74, 6) is -0.391. The van der Waals surface area contributed by atoms with Crippen LogP contribution in [0.15, 0.2) is 22.7 Å². The van der Waals surface area contributed by atoms with Crippen molar-refractivity contribution in [1.29, 1.82) is 0 Å². The second-order valence-corrected chi connectivity index (χ2v) is 7.25. The molecule has 130 valence electrons. The fraction of sp³-hybridized carbons (Fsp3) is 0.467. The summed E-state index contributed by atoms with van der Waals surface area (Å²) < 4.78 is 5.80. The molecule has 0 unspecified atom stereocenters. The van der Waals surface area contributed by atoms with Gasteiger partial charge in [0.15, 0.2) is 0 Å². The molecule has 24 heavy (non-hydrogen) atoms. The van der Waals surface area contributed by atoms with E-state index in [1.54, 1.807) is 26.8 Å². The number of carbonyl (C=O) groups excluding carboxylic acids is 2. The zero-order valence-corrected chi connectivity index (χ0v) is 15.2. The number of nitrogens with zero attached hydrogens (tertiary/aromatic N) is 3. The third-order valence-corrected chi connectivity index (χ3v) is 3.79. The molecule has 1 heterocycles. The minimum Gasteiger partial charge on any atom is -0.444 e. The Labute approximate surface area is 147 Å². The van der Waals surface area contributed by atoms with Crippen LogP contribution in [0.4, 0.5) is 16.2 Å². The van der Waals surface area contributed by atoms with E-state index in [1.807, 2.05) is 0 Å². The summed E-state index contributed by atoms with van der Waals surface area (Å²) >= 11 is 3.18. The lowest BCUT2D eigenvalue weighted by atomic mass is 10.2. The Morgan fingerprint density at radius 3 is 2.54 bits per heavy atom. The van der Waals surface area contributed by atoms with Gasteiger partial charge in [-0.2, -0.15) is 0 Å². The zero-order valence-electron chi connectivity index (χ0n) is 13.6. The van der Waals surface area contributed by atoms with Gasteiger partial charge in [-0.1, -0.05) is 15.9 Å². The number of nitro groups is 1. The van der Waals surface area contributed by atoms with Gasteiger partial charge in [-0.25, -0.2) is 4.79 Å². The largest absolute Gasteiger partial charge is 0.444 e. The second-order valence-electron chi connectivity index (χ2n) is 6.34. The fourth-order valence-corrected chi connectivity index (χ4v) is 2.63. The van der Waals surface area contributed by atoms with Crippen LogP contribution in [0.2, 0.25) is 0 Å². The lowest BCUT2D eigenvalue weighted by Gasteiger charge is -2.34. The molecular formula is C15H18BrN3O5. The normalized spacial score (nSPS) is 15.4. The lowest BCUT2D eigenvalue weighted by Crippen LogP contribution is -2.53. The average Bonchev–Trinajstić information content (AvgIpc) is 2.45. The Bertz CT molecular complexity index is 686. The topological polar surface area (TPSA) is 93.0 Å². The van der Waals surface area contributed by atoms with Gasteiger partial charge in [0.2, 0.25) is 5.91 Å². The Kier molecular flexibility index (Phi) is 5.12. The third-order valence-electron chi connectivity index (χ3n) is 3.30. The molecule has 0 bridgehead atoms. The van der Waals surface area contributed by atoms with Crippen molar-refractivity contribution in [1.82, 2.24) is 4.90 Å². The van der Waals surface area contributed by atoms with Crippen molar-refractivity contribution in [2.75, 3.05) is 24.5 Å². The monoisotopic (exact) mass is 399 g/mol. The molecule has 2 amide bonds. The van der Waals surface area contributed by atoms with Gasteiger partial charge < -0.3 is 9.64 Å². The average molecular weight is 400 g/mol. The molecule has 1 aliphatic heterocycles. The molecule has 0 aliphatic carbocycles. The summed E-state index contributed by atoms with van der Waals surface area (Å²) in [6.07, 6.45) is -0.569. The number of carbonyl (C=O) groups is 2. The van der Waals surface area contributed by atoms with Crippen LogP contribution in [0.5, 0.6) is 0 Å². The van der Waals surface area contributed by atoms with Crippen LogP contribution in [0.1, 0.15) is 20.8 Å². The Hall–Kier alpha value is -2.16. The van der Waals surface area contributed by atoms with Gasteiger partial charge >= 0.3 is 6.09 Å². The Morgan fingerprint density at radius 1 is 1.33 bits per heavy atom. The van der Waals surface area contributed by atoms with Crippen molar-refractivity contribution in [3.05, 3.63) is 32.8 Å². The van der Waals surface area contributed by atoms with E-state index in [-0.39, 0.29) is 31.0 Å².